The second-order valence-electron chi connectivity index (χ2n) is 7.34. The first-order valence-electron chi connectivity index (χ1n) is 8.51. The first kappa shape index (κ1) is 18.3. The summed E-state index contributed by atoms with van der Waals surface area (Å²) in [5.74, 6) is -0.754. The Labute approximate surface area is 143 Å². The number of aliphatic carboxylic acids is 1. The van der Waals surface area contributed by atoms with Crippen molar-refractivity contribution in [3.8, 4) is 0 Å². The predicted molar refractivity (Wildman–Crippen MR) is 92.1 cm³/mol. The number of amides is 1. The minimum Gasteiger partial charge on any atom is -0.481 e. The van der Waals surface area contributed by atoms with Crippen LogP contribution >= 0.6 is 0 Å². The second-order valence-corrected chi connectivity index (χ2v) is 7.34. The van der Waals surface area contributed by atoms with E-state index in [2.05, 4.69) is 0 Å². The zero-order valence-corrected chi connectivity index (χ0v) is 15.0. The number of benzene rings is 1. The number of carboxylic acid groups (broad SMARTS) is 1. The summed E-state index contributed by atoms with van der Waals surface area (Å²) in [4.78, 5) is 25.1. The van der Waals surface area contributed by atoms with E-state index >= 15 is 0 Å². The molecule has 5 nitrogen and oxygen atoms in total. The van der Waals surface area contributed by atoms with Crippen molar-refractivity contribution < 1.29 is 19.4 Å². The Morgan fingerprint density at radius 2 is 2.04 bits per heavy atom. The molecule has 1 aliphatic heterocycles. The standard InChI is InChI=1S/C19H27NO4/c1-5-13(11-17(21)22)15-8-6-7-14-12-20(10-9-16(14)15)18(23)24-19(2,3)4/h6-8,13H,5,9-12H2,1-4H3,(H,21,22). The van der Waals surface area contributed by atoms with Crippen molar-refractivity contribution in [2.75, 3.05) is 6.54 Å². The van der Waals surface area contributed by atoms with Crippen molar-refractivity contribution in [3.05, 3.63) is 34.9 Å². The maximum absolute atomic E-state index is 12.3. The summed E-state index contributed by atoms with van der Waals surface area (Å²) < 4.78 is 5.45. The highest BCUT2D eigenvalue weighted by Gasteiger charge is 2.28. The largest absolute Gasteiger partial charge is 0.481 e. The SMILES string of the molecule is CCC(CC(=O)O)c1cccc2c1CCN(C(=O)OC(C)(C)C)C2. The van der Waals surface area contributed by atoms with Crippen LogP contribution in [0.1, 0.15) is 63.1 Å². The molecule has 2 rings (SSSR count). The van der Waals surface area contributed by atoms with Crippen molar-refractivity contribution in [1.29, 1.82) is 0 Å². The van der Waals surface area contributed by atoms with Crippen molar-refractivity contribution in [2.24, 2.45) is 0 Å². The summed E-state index contributed by atoms with van der Waals surface area (Å²) in [6, 6.07) is 6.00. The highest BCUT2D eigenvalue weighted by atomic mass is 16.6. The van der Waals surface area contributed by atoms with Gasteiger partial charge in [0.1, 0.15) is 5.60 Å². The van der Waals surface area contributed by atoms with Crippen molar-refractivity contribution in [1.82, 2.24) is 4.90 Å². The van der Waals surface area contributed by atoms with Crippen molar-refractivity contribution >= 4 is 12.1 Å². The van der Waals surface area contributed by atoms with Gasteiger partial charge in [-0.3, -0.25) is 4.79 Å². The fourth-order valence-electron chi connectivity index (χ4n) is 3.19. The number of hydrogen-bond donors (Lipinski definition) is 1. The highest BCUT2D eigenvalue weighted by Crippen LogP contribution is 2.32. The molecule has 0 saturated carbocycles. The molecule has 24 heavy (non-hydrogen) atoms. The van der Waals surface area contributed by atoms with Gasteiger partial charge in [-0.15, -0.1) is 0 Å². The lowest BCUT2D eigenvalue weighted by Crippen LogP contribution is -2.40. The number of nitrogens with zero attached hydrogens (tertiary/aromatic N) is 1. The third-order valence-corrected chi connectivity index (χ3v) is 4.31. The fourth-order valence-corrected chi connectivity index (χ4v) is 3.19. The monoisotopic (exact) mass is 333 g/mol. The normalized spacial score (nSPS) is 15.6. The average molecular weight is 333 g/mol. The molecule has 132 valence electrons. The van der Waals surface area contributed by atoms with Crippen molar-refractivity contribution in [2.45, 2.75) is 65.0 Å². The minimum atomic E-state index is -0.773. The lowest BCUT2D eigenvalue weighted by Gasteiger charge is -2.33. The molecule has 1 N–H and O–H groups in total. The van der Waals surface area contributed by atoms with Gasteiger partial charge in [0.25, 0.3) is 0 Å². The molecule has 1 amide bonds. The smallest absolute Gasteiger partial charge is 0.410 e. The topological polar surface area (TPSA) is 66.8 Å². The van der Waals surface area contributed by atoms with Gasteiger partial charge in [0, 0.05) is 13.1 Å². The van der Waals surface area contributed by atoms with Crippen LogP contribution in [0.15, 0.2) is 18.2 Å². The molecular formula is C19H27NO4. The molecule has 0 spiro atoms. The number of carbonyl (C=O) groups excluding carboxylic acids is 1. The third-order valence-electron chi connectivity index (χ3n) is 4.31. The lowest BCUT2D eigenvalue weighted by molar-refractivity contribution is -0.137. The number of rotatable bonds is 4. The molecule has 0 radical (unpaired) electrons. The quantitative estimate of drug-likeness (QED) is 0.906. The molecule has 0 aromatic heterocycles. The third kappa shape index (κ3) is 4.49. The number of carbonyl (C=O) groups is 2. The summed E-state index contributed by atoms with van der Waals surface area (Å²) in [6.45, 7) is 8.71. The fraction of sp³-hybridized carbons (Fsp3) is 0.579. The summed E-state index contributed by atoms with van der Waals surface area (Å²) >= 11 is 0. The van der Waals surface area contributed by atoms with Crippen LogP contribution in [0.2, 0.25) is 0 Å². The van der Waals surface area contributed by atoms with Gasteiger partial charge in [0.15, 0.2) is 0 Å². The van der Waals surface area contributed by atoms with E-state index in [-0.39, 0.29) is 18.4 Å². The number of fused-ring (bicyclic) bond motifs is 1. The molecule has 0 saturated heterocycles. The van der Waals surface area contributed by atoms with Crippen LogP contribution in [-0.2, 0) is 22.5 Å². The van der Waals surface area contributed by atoms with Gasteiger partial charge < -0.3 is 14.7 Å². The zero-order chi connectivity index (χ0) is 17.9. The van der Waals surface area contributed by atoms with Gasteiger partial charge in [0.05, 0.1) is 6.42 Å². The van der Waals surface area contributed by atoms with E-state index < -0.39 is 11.6 Å². The van der Waals surface area contributed by atoms with E-state index in [0.717, 1.165) is 24.0 Å². The van der Waals surface area contributed by atoms with Crippen LogP contribution in [0.3, 0.4) is 0 Å². The molecule has 0 fully saturated rings. The Bertz CT molecular complexity index is 618. The Morgan fingerprint density at radius 1 is 1.33 bits per heavy atom. The predicted octanol–water partition coefficient (Wildman–Crippen LogP) is 3.95. The summed E-state index contributed by atoms with van der Waals surface area (Å²) in [5, 5.41) is 9.13. The highest BCUT2D eigenvalue weighted by molar-refractivity contribution is 5.69. The Balaban J connectivity index is 2.20. The van der Waals surface area contributed by atoms with Crippen LogP contribution < -0.4 is 0 Å². The summed E-state index contributed by atoms with van der Waals surface area (Å²) in [7, 11) is 0. The van der Waals surface area contributed by atoms with Crippen LogP contribution in [0.4, 0.5) is 4.79 Å². The van der Waals surface area contributed by atoms with E-state index in [1.165, 1.54) is 5.56 Å². The molecule has 1 unspecified atom stereocenters. The van der Waals surface area contributed by atoms with Crippen LogP contribution in [0, 0.1) is 0 Å². The maximum Gasteiger partial charge on any atom is 0.410 e. The van der Waals surface area contributed by atoms with Crippen LogP contribution in [0.25, 0.3) is 0 Å². The number of hydrogen-bond acceptors (Lipinski definition) is 3. The zero-order valence-electron chi connectivity index (χ0n) is 15.0. The Hall–Kier alpha value is -2.04. The minimum absolute atomic E-state index is 0.0190. The summed E-state index contributed by atoms with van der Waals surface area (Å²) in [5.41, 5.74) is 2.90. The number of ether oxygens (including phenoxy) is 1. The van der Waals surface area contributed by atoms with E-state index in [0.29, 0.717) is 13.1 Å². The van der Waals surface area contributed by atoms with Gasteiger partial charge in [-0.25, -0.2) is 4.79 Å². The van der Waals surface area contributed by atoms with Gasteiger partial charge in [-0.2, -0.15) is 0 Å². The summed E-state index contributed by atoms with van der Waals surface area (Å²) in [6.07, 6.45) is 1.37. The molecular weight excluding hydrogens is 306 g/mol. The van der Waals surface area contributed by atoms with E-state index in [4.69, 9.17) is 9.84 Å². The van der Waals surface area contributed by atoms with Gasteiger partial charge >= 0.3 is 12.1 Å². The van der Waals surface area contributed by atoms with Gasteiger partial charge in [-0.05, 0) is 56.2 Å². The first-order valence-corrected chi connectivity index (χ1v) is 8.51. The second kappa shape index (κ2) is 7.24. The Kier molecular flexibility index (Phi) is 5.52. The van der Waals surface area contributed by atoms with E-state index in [1.54, 1.807) is 4.90 Å². The molecule has 0 aliphatic carbocycles. The molecule has 1 aliphatic rings. The molecule has 0 bridgehead atoms. The van der Waals surface area contributed by atoms with Gasteiger partial charge in [0.2, 0.25) is 0 Å². The Morgan fingerprint density at radius 3 is 2.62 bits per heavy atom. The molecule has 1 aromatic rings. The van der Waals surface area contributed by atoms with Crippen LogP contribution in [0.5, 0.6) is 0 Å². The molecule has 1 atom stereocenters. The molecule has 1 aromatic carbocycles. The maximum atomic E-state index is 12.3. The van der Waals surface area contributed by atoms with Crippen molar-refractivity contribution in [3.63, 3.8) is 0 Å². The first-order chi connectivity index (χ1) is 11.2. The van der Waals surface area contributed by atoms with Gasteiger partial charge in [-0.1, -0.05) is 25.1 Å². The average Bonchev–Trinajstić information content (AvgIpc) is 2.49. The number of carboxylic acids is 1. The lowest BCUT2D eigenvalue weighted by atomic mass is 9.84. The molecule has 1 heterocycles. The van der Waals surface area contributed by atoms with Crippen LogP contribution in [-0.4, -0.2) is 34.2 Å². The van der Waals surface area contributed by atoms with E-state index in [9.17, 15) is 9.59 Å². The molecule has 5 heteroatoms. The van der Waals surface area contributed by atoms with E-state index in [1.807, 2.05) is 45.9 Å².